The molecule has 0 bridgehead atoms. The molecule has 0 amide bonds. The van der Waals surface area contributed by atoms with Crippen LogP contribution in [-0.2, 0) is 0 Å². The zero-order valence-electron chi connectivity index (χ0n) is 18.1. The molecule has 2 heterocycles. The molecule has 1 aliphatic carbocycles. The number of ketones is 2. The minimum atomic E-state index is -0.553. The second-order valence-electron chi connectivity index (χ2n) is 8.04. The average Bonchev–Trinajstić information content (AvgIpc) is 3.53. The number of halogens is 4. The van der Waals surface area contributed by atoms with E-state index in [2.05, 4.69) is 0 Å². The van der Waals surface area contributed by atoms with Crippen molar-refractivity contribution in [2.45, 2.75) is 0 Å². The van der Waals surface area contributed by atoms with E-state index in [-0.39, 0.29) is 36.8 Å². The lowest BCUT2D eigenvalue weighted by molar-refractivity contribution is 0.0990. The monoisotopic (exact) mass is 568 g/mol. The first-order chi connectivity index (χ1) is 17.4. The number of carbonyl (C=O) groups excluding carboxylic acids is 2. The molecule has 0 N–H and O–H groups in total. The van der Waals surface area contributed by atoms with Crippen molar-refractivity contribution in [2.75, 3.05) is 0 Å². The van der Waals surface area contributed by atoms with Crippen molar-refractivity contribution in [1.82, 2.24) is 9.55 Å². The van der Waals surface area contributed by atoms with Crippen molar-refractivity contribution in [3.63, 3.8) is 0 Å². The largest absolute Gasteiger partial charge is 0.294 e. The molecule has 0 fully saturated rings. The molecule has 0 saturated heterocycles. The lowest BCUT2D eigenvalue weighted by atomic mass is 10.1. The molecule has 0 unspecified atom stereocenters. The number of thiazole rings is 1. The SMILES string of the molecule is O=C1C(=Cc2cc3sc(-c4ccccc4)nc3n2-c2ccccc2)C(=O)c2c(Cl)c(Cl)c(Cl)c(Cl)c21. The number of aromatic nitrogens is 2. The summed E-state index contributed by atoms with van der Waals surface area (Å²) in [5.41, 5.74) is 3.04. The number of hydrogen-bond acceptors (Lipinski definition) is 4. The van der Waals surface area contributed by atoms with E-state index in [0.717, 1.165) is 26.6 Å². The van der Waals surface area contributed by atoms with E-state index in [0.29, 0.717) is 5.69 Å². The summed E-state index contributed by atoms with van der Waals surface area (Å²) in [6.45, 7) is 0. The Labute approximate surface area is 229 Å². The Bertz CT molecular complexity index is 1710. The number of para-hydroxylation sites is 1. The second kappa shape index (κ2) is 8.87. The van der Waals surface area contributed by atoms with Crippen molar-refractivity contribution in [3.8, 4) is 16.3 Å². The van der Waals surface area contributed by atoms with Gasteiger partial charge in [-0.15, -0.1) is 11.3 Å². The van der Waals surface area contributed by atoms with Gasteiger partial charge in [0.2, 0.25) is 0 Å². The van der Waals surface area contributed by atoms with Crippen molar-refractivity contribution in [1.29, 1.82) is 0 Å². The van der Waals surface area contributed by atoms with E-state index in [1.54, 1.807) is 6.08 Å². The summed E-state index contributed by atoms with van der Waals surface area (Å²) in [6, 6.07) is 21.4. The quantitative estimate of drug-likeness (QED) is 0.0943. The number of nitrogens with zero attached hydrogens (tertiary/aromatic N) is 2. The summed E-state index contributed by atoms with van der Waals surface area (Å²) < 4.78 is 2.82. The summed E-state index contributed by atoms with van der Waals surface area (Å²) in [5, 5.41) is 0.575. The van der Waals surface area contributed by atoms with E-state index in [4.69, 9.17) is 51.4 Å². The third kappa shape index (κ3) is 3.54. The van der Waals surface area contributed by atoms with Crippen LogP contribution >= 0.6 is 57.7 Å². The van der Waals surface area contributed by atoms with Gasteiger partial charge in [0, 0.05) is 11.3 Å². The maximum absolute atomic E-state index is 13.3. The highest BCUT2D eigenvalue weighted by molar-refractivity contribution is 7.21. The number of benzene rings is 3. The lowest BCUT2D eigenvalue weighted by Crippen LogP contribution is -2.03. The first kappa shape index (κ1) is 23.5. The van der Waals surface area contributed by atoms with E-state index in [9.17, 15) is 9.59 Å². The first-order valence-electron chi connectivity index (χ1n) is 10.7. The Morgan fingerprint density at radius 2 is 1.31 bits per heavy atom. The molecular weight excluding hydrogens is 558 g/mol. The highest BCUT2D eigenvalue weighted by Crippen LogP contribution is 2.46. The molecular formula is C27H12Cl4N2O2S. The van der Waals surface area contributed by atoms with Gasteiger partial charge in [-0.1, -0.05) is 94.9 Å². The predicted molar refractivity (Wildman–Crippen MR) is 148 cm³/mol. The fourth-order valence-electron chi connectivity index (χ4n) is 4.27. The highest BCUT2D eigenvalue weighted by atomic mass is 35.5. The minimum absolute atomic E-state index is 0.0311. The number of Topliss-reactive ketones (excluding diaryl/α,β-unsaturated/α-hetero) is 2. The molecule has 3 aromatic carbocycles. The van der Waals surface area contributed by atoms with Gasteiger partial charge in [0.05, 0.1) is 47.2 Å². The molecule has 2 aromatic heterocycles. The molecule has 4 nitrogen and oxygen atoms in total. The Kier molecular flexibility index (Phi) is 5.78. The smallest absolute Gasteiger partial charge is 0.199 e. The average molecular weight is 570 g/mol. The zero-order valence-corrected chi connectivity index (χ0v) is 21.9. The van der Waals surface area contributed by atoms with Gasteiger partial charge < -0.3 is 0 Å². The third-order valence-electron chi connectivity index (χ3n) is 5.92. The third-order valence-corrected chi connectivity index (χ3v) is 8.76. The van der Waals surface area contributed by atoms with Crippen LogP contribution in [0.3, 0.4) is 0 Å². The van der Waals surface area contributed by atoms with Crippen LogP contribution in [0.15, 0.2) is 72.3 Å². The Morgan fingerprint density at radius 1 is 0.750 bits per heavy atom. The predicted octanol–water partition coefficient (Wildman–Crippen LogP) is 8.83. The van der Waals surface area contributed by atoms with Gasteiger partial charge in [0.25, 0.3) is 0 Å². The highest BCUT2D eigenvalue weighted by Gasteiger charge is 2.39. The van der Waals surface area contributed by atoms with Crippen LogP contribution in [0, 0.1) is 0 Å². The summed E-state index contributed by atoms with van der Waals surface area (Å²) in [6.07, 6.45) is 1.54. The van der Waals surface area contributed by atoms with Crippen molar-refractivity contribution in [3.05, 3.63) is 109 Å². The number of allylic oxidation sites excluding steroid dienone is 1. The topological polar surface area (TPSA) is 52.0 Å². The summed E-state index contributed by atoms with van der Waals surface area (Å²) in [5.74, 6) is -1.11. The molecule has 6 rings (SSSR count). The Hall–Kier alpha value is -2.93. The fourth-order valence-corrected chi connectivity index (χ4v) is 6.29. The van der Waals surface area contributed by atoms with Gasteiger partial charge in [-0.05, 0) is 24.3 Å². The molecule has 0 radical (unpaired) electrons. The maximum atomic E-state index is 13.3. The maximum Gasteiger partial charge on any atom is 0.199 e. The first-order valence-corrected chi connectivity index (χ1v) is 13.0. The van der Waals surface area contributed by atoms with Crippen molar-refractivity contribution < 1.29 is 9.59 Å². The van der Waals surface area contributed by atoms with Gasteiger partial charge in [-0.25, -0.2) is 4.98 Å². The van der Waals surface area contributed by atoms with Crippen LogP contribution in [0.4, 0.5) is 0 Å². The second-order valence-corrected chi connectivity index (χ2v) is 10.6. The van der Waals surface area contributed by atoms with Crippen LogP contribution < -0.4 is 0 Å². The molecule has 1 aliphatic rings. The van der Waals surface area contributed by atoms with Crippen LogP contribution in [0.5, 0.6) is 0 Å². The molecule has 176 valence electrons. The fraction of sp³-hybridized carbons (Fsp3) is 0. The van der Waals surface area contributed by atoms with Gasteiger partial charge in [-0.3, -0.25) is 14.2 Å². The molecule has 0 saturated carbocycles. The van der Waals surface area contributed by atoms with Crippen molar-refractivity contribution >= 4 is 85.7 Å². The Morgan fingerprint density at radius 3 is 1.89 bits per heavy atom. The lowest BCUT2D eigenvalue weighted by Gasteiger charge is -2.08. The van der Waals surface area contributed by atoms with Crippen LogP contribution in [0.1, 0.15) is 26.4 Å². The number of rotatable bonds is 3. The number of hydrogen-bond donors (Lipinski definition) is 0. The van der Waals surface area contributed by atoms with E-state index in [1.165, 1.54) is 11.3 Å². The summed E-state index contributed by atoms with van der Waals surface area (Å²) in [4.78, 5) is 31.6. The Balaban J connectivity index is 1.56. The standard InChI is InChI=1S/C27H12Cl4N2O2S/c28-20-18-19(21(29)23(31)22(20)30)25(35)16(24(18)34)11-15-12-17-26(33(15)14-9-5-2-6-10-14)32-27(36-17)13-7-3-1-4-8-13/h1-12H. The van der Waals surface area contributed by atoms with Gasteiger partial charge in [0.1, 0.15) is 5.01 Å². The normalized spacial score (nSPS) is 13.1. The molecule has 9 heteroatoms. The molecule has 0 spiro atoms. The van der Waals surface area contributed by atoms with Crippen LogP contribution in [-0.4, -0.2) is 21.1 Å². The number of fused-ring (bicyclic) bond motifs is 2. The van der Waals surface area contributed by atoms with Crippen LogP contribution in [0.25, 0.3) is 32.7 Å². The molecule has 5 aromatic rings. The van der Waals surface area contributed by atoms with Gasteiger partial charge in [-0.2, -0.15) is 0 Å². The summed E-state index contributed by atoms with van der Waals surface area (Å²) in [7, 11) is 0. The van der Waals surface area contributed by atoms with E-state index >= 15 is 0 Å². The summed E-state index contributed by atoms with van der Waals surface area (Å²) >= 11 is 26.4. The van der Waals surface area contributed by atoms with E-state index in [1.807, 2.05) is 71.3 Å². The molecule has 0 atom stereocenters. The zero-order chi connectivity index (χ0) is 25.1. The molecule has 36 heavy (non-hydrogen) atoms. The molecule has 0 aliphatic heterocycles. The van der Waals surface area contributed by atoms with E-state index < -0.39 is 11.6 Å². The van der Waals surface area contributed by atoms with Crippen LogP contribution in [0.2, 0.25) is 20.1 Å². The van der Waals surface area contributed by atoms with Gasteiger partial charge in [0.15, 0.2) is 17.2 Å². The van der Waals surface area contributed by atoms with Gasteiger partial charge >= 0.3 is 0 Å². The van der Waals surface area contributed by atoms with Crippen molar-refractivity contribution in [2.24, 2.45) is 0 Å². The minimum Gasteiger partial charge on any atom is -0.294 e. The number of carbonyl (C=O) groups is 2.